The molecule has 12 nitrogen and oxygen atoms in total. The Kier molecular flexibility index (Phi) is 9.00. The van der Waals surface area contributed by atoms with Gasteiger partial charge >= 0.3 is 17.6 Å². The third kappa shape index (κ3) is 7.47. The molecule has 158 valence electrons. The number of rotatable bonds is 8. The van der Waals surface area contributed by atoms with E-state index in [0.717, 1.165) is 48.5 Å². The lowest BCUT2D eigenvalue weighted by molar-refractivity contribution is -0.148. The van der Waals surface area contributed by atoms with E-state index >= 15 is 0 Å². The van der Waals surface area contributed by atoms with Crippen LogP contribution in [0.3, 0.4) is 0 Å². The van der Waals surface area contributed by atoms with Crippen molar-refractivity contribution < 1.29 is 55.3 Å². The van der Waals surface area contributed by atoms with Crippen molar-refractivity contribution in [2.75, 3.05) is 0 Å². The largest absolute Gasteiger partial charge is 0.716 e. The second kappa shape index (κ2) is 9.98. The number of hydrogen-bond donors (Lipinski definition) is 0. The highest BCUT2D eigenvalue weighted by atomic mass is 28.5. The molecule has 0 atom stereocenters. The summed E-state index contributed by atoms with van der Waals surface area (Å²) in [5, 5.41) is -1.60. The van der Waals surface area contributed by atoms with E-state index in [4.69, 9.17) is 26.6 Å². The Morgan fingerprint density at radius 1 is 0.464 bits per heavy atom. The van der Waals surface area contributed by atoms with Gasteiger partial charge in [0.15, 0.2) is 5.16 Å². The molecule has 0 N–H and O–H groups in total. The Bertz CT molecular complexity index is 536. The summed E-state index contributed by atoms with van der Waals surface area (Å²) in [7, 11) is -9.49. The molecule has 0 aromatic rings. The number of carbonyl (C=O) groups excluding carboxylic acids is 6. The van der Waals surface area contributed by atoms with Crippen LogP contribution in [0.4, 0.5) is 0 Å². The smallest absolute Gasteiger partial charge is 0.455 e. The van der Waals surface area contributed by atoms with Crippen LogP contribution >= 0.6 is 0 Å². The molecule has 0 saturated carbocycles. The molecule has 0 fully saturated rings. The topological polar surface area (TPSA) is 158 Å². The van der Waals surface area contributed by atoms with Gasteiger partial charge in [0.1, 0.15) is 0 Å². The van der Waals surface area contributed by atoms with Gasteiger partial charge in [0, 0.05) is 41.5 Å². The zero-order valence-electron chi connectivity index (χ0n) is 16.5. The summed E-state index contributed by atoms with van der Waals surface area (Å²) >= 11 is 0. The van der Waals surface area contributed by atoms with Crippen molar-refractivity contribution in [2.24, 2.45) is 0 Å². The van der Waals surface area contributed by atoms with Crippen LogP contribution in [0.1, 0.15) is 48.5 Å². The van der Waals surface area contributed by atoms with E-state index in [2.05, 4.69) is 0 Å². The molecule has 0 aliphatic carbocycles. The zero-order chi connectivity index (χ0) is 22.3. The number of carbonyl (C=O) groups is 6. The average Bonchev–Trinajstić information content (AvgIpc) is 2.41. The standard InChI is InChI=1S/C14H22O12Si2/c1-8(15)21-27(22-9(2)16,23-10(3)17)14(7)28(24-11(4)18,25-12(5)19)26-13(6)20/h14H,1-7H3. The molecule has 0 bridgehead atoms. The van der Waals surface area contributed by atoms with E-state index in [9.17, 15) is 28.8 Å². The molecule has 14 heteroatoms. The van der Waals surface area contributed by atoms with E-state index in [0.29, 0.717) is 0 Å². The lowest BCUT2D eigenvalue weighted by Crippen LogP contribution is -2.65. The van der Waals surface area contributed by atoms with E-state index in [1.807, 2.05) is 0 Å². The van der Waals surface area contributed by atoms with Gasteiger partial charge in [-0.15, -0.1) is 0 Å². The SMILES string of the molecule is CC(=O)O[Si](OC(C)=O)(OC(C)=O)C(C)[Si](OC(C)=O)(OC(C)=O)OC(C)=O. The summed E-state index contributed by atoms with van der Waals surface area (Å²) in [5.74, 6) is -6.10. The fourth-order valence-electron chi connectivity index (χ4n) is 2.07. The monoisotopic (exact) mass is 438 g/mol. The van der Waals surface area contributed by atoms with Crippen LogP contribution in [0.2, 0.25) is 5.16 Å². The van der Waals surface area contributed by atoms with Crippen molar-refractivity contribution in [3.63, 3.8) is 0 Å². The molecule has 0 aromatic heterocycles. The van der Waals surface area contributed by atoms with Crippen LogP contribution in [0.25, 0.3) is 0 Å². The molecular weight excluding hydrogens is 416 g/mol. The summed E-state index contributed by atoms with van der Waals surface area (Å²) in [6.07, 6.45) is 0. The molecule has 0 aromatic carbocycles. The minimum absolute atomic E-state index is 0.939. The summed E-state index contributed by atoms with van der Waals surface area (Å²) in [4.78, 5) is 69.9. The molecular formula is C14H22O12Si2. The fourth-order valence-corrected chi connectivity index (χ4v) is 8.58. The van der Waals surface area contributed by atoms with E-state index in [-0.39, 0.29) is 0 Å². The van der Waals surface area contributed by atoms with Crippen molar-refractivity contribution in [1.82, 2.24) is 0 Å². The molecule has 0 amide bonds. The minimum atomic E-state index is -4.74. The normalized spacial score (nSPS) is 11.1. The fraction of sp³-hybridized carbons (Fsp3) is 0.571. The lowest BCUT2D eigenvalue weighted by Gasteiger charge is -2.36. The van der Waals surface area contributed by atoms with Crippen molar-refractivity contribution in [2.45, 2.75) is 53.6 Å². The first-order chi connectivity index (χ1) is 12.7. The van der Waals surface area contributed by atoms with Gasteiger partial charge in [0.05, 0.1) is 0 Å². The summed E-state index contributed by atoms with van der Waals surface area (Å²) in [6, 6.07) is 0. The third-order valence-corrected chi connectivity index (χ3v) is 10.5. The zero-order valence-corrected chi connectivity index (χ0v) is 18.5. The second-order valence-electron chi connectivity index (χ2n) is 5.49. The van der Waals surface area contributed by atoms with Gasteiger partial charge in [0.2, 0.25) is 0 Å². The molecule has 0 spiro atoms. The predicted octanol–water partition coefficient (Wildman–Crippen LogP) is 0.172. The lowest BCUT2D eigenvalue weighted by atomic mass is 10.8. The second-order valence-corrected chi connectivity index (χ2v) is 11.4. The van der Waals surface area contributed by atoms with Crippen molar-refractivity contribution >= 4 is 53.4 Å². The Hall–Kier alpha value is -2.75. The highest BCUT2D eigenvalue weighted by Crippen LogP contribution is 2.37. The van der Waals surface area contributed by atoms with Gasteiger partial charge < -0.3 is 26.6 Å². The highest BCUT2D eigenvalue weighted by molar-refractivity contribution is 6.86. The van der Waals surface area contributed by atoms with Crippen LogP contribution in [-0.2, 0) is 55.3 Å². The van der Waals surface area contributed by atoms with Crippen LogP contribution in [0.15, 0.2) is 0 Å². The first-order valence-electron chi connectivity index (χ1n) is 7.83. The highest BCUT2D eigenvalue weighted by Gasteiger charge is 2.75. The predicted molar refractivity (Wildman–Crippen MR) is 91.5 cm³/mol. The molecule has 0 aliphatic rings. The summed E-state index contributed by atoms with van der Waals surface area (Å²) < 4.78 is 30.3. The van der Waals surface area contributed by atoms with Gasteiger partial charge in [-0.1, -0.05) is 0 Å². The van der Waals surface area contributed by atoms with Crippen LogP contribution in [-0.4, -0.2) is 53.4 Å². The first kappa shape index (κ1) is 25.3. The van der Waals surface area contributed by atoms with Crippen molar-refractivity contribution in [3.8, 4) is 0 Å². The Morgan fingerprint density at radius 3 is 0.714 bits per heavy atom. The maximum absolute atomic E-state index is 11.6. The maximum Gasteiger partial charge on any atom is 0.716 e. The molecule has 0 heterocycles. The van der Waals surface area contributed by atoms with Gasteiger partial charge in [-0.05, 0) is 6.92 Å². The number of hydrogen-bond acceptors (Lipinski definition) is 12. The molecule has 0 radical (unpaired) electrons. The van der Waals surface area contributed by atoms with Crippen LogP contribution < -0.4 is 0 Å². The molecule has 28 heavy (non-hydrogen) atoms. The molecule has 0 aliphatic heterocycles. The summed E-state index contributed by atoms with van der Waals surface area (Å²) in [5.41, 5.74) is 0. The maximum atomic E-state index is 11.6. The van der Waals surface area contributed by atoms with Crippen molar-refractivity contribution in [3.05, 3.63) is 0 Å². The first-order valence-corrected chi connectivity index (χ1v) is 11.4. The summed E-state index contributed by atoms with van der Waals surface area (Å²) in [6.45, 7) is 6.77. The van der Waals surface area contributed by atoms with Crippen LogP contribution in [0.5, 0.6) is 0 Å². The van der Waals surface area contributed by atoms with Crippen LogP contribution in [0, 0.1) is 0 Å². The Labute approximate surface area is 163 Å². The van der Waals surface area contributed by atoms with E-state index in [1.54, 1.807) is 0 Å². The van der Waals surface area contributed by atoms with Gasteiger partial charge in [-0.25, -0.2) is 0 Å². The third-order valence-electron chi connectivity index (χ3n) is 2.78. The quantitative estimate of drug-likeness (QED) is 0.474. The molecule has 0 unspecified atom stereocenters. The van der Waals surface area contributed by atoms with Gasteiger partial charge in [0.25, 0.3) is 35.8 Å². The molecule has 0 rings (SSSR count). The van der Waals surface area contributed by atoms with Gasteiger partial charge in [-0.3, -0.25) is 28.8 Å². The minimum Gasteiger partial charge on any atom is -0.455 e. The Balaban J connectivity index is 6.73. The van der Waals surface area contributed by atoms with Gasteiger partial charge in [-0.2, -0.15) is 0 Å². The van der Waals surface area contributed by atoms with Crippen molar-refractivity contribution in [1.29, 1.82) is 0 Å². The van der Waals surface area contributed by atoms with E-state index < -0.39 is 58.6 Å². The van der Waals surface area contributed by atoms with E-state index in [1.165, 1.54) is 0 Å². The molecule has 0 saturated heterocycles. The average molecular weight is 438 g/mol. The Morgan fingerprint density at radius 2 is 0.607 bits per heavy atom.